The second-order valence-corrected chi connectivity index (χ2v) is 4.46. The van der Waals surface area contributed by atoms with Crippen LogP contribution in [0.5, 0.6) is 5.75 Å². The summed E-state index contributed by atoms with van der Waals surface area (Å²) in [6.45, 7) is 4.14. The van der Waals surface area contributed by atoms with E-state index < -0.39 is 0 Å². The number of methoxy groups -OCH3 is 1. The number of hydrogen-bond donors (Lipinski definition) is 1. The molecular formula is C16H18O2. The highest BCUT2D eigenvalue weighted by molar-refractivity contribution is 5.69. The normalized spacial score (nSPS) is 12.4. The molecule has 2 aromatic carbocycles. The van der Waals surface area contributed by atoms with Crippen LogP contribution in [0.1, 0.15) is 24.2 Å². The van der Waals surface area contributed by atoms with Crippen LogP contribution in [0.15, 0.2) is 42.5 Å². The molecule has 1 N–H and O–H groups in total. The summed E-state index contributed by atoms with van der Waals surface area (Å²) in [5.41, 5.74) is 4.67. The highest BCUT2D eigenvalue weighted by Crippen LogP contribution is 2.32. The fourth-order valence-electron chi connectivity index (χ4n) is 2.23. The van der Waals surface area contributed by atoms with Gasteiger partial charge in [0.2, 0.25) is 0 Å². The number of hydrogen-bond acceptors (Lipinski definition) is 2. The van der Waals surface area contributed by atoms with E-state index in [0.717, 1.165) is 11.1 Å². The van der Waals surface area contributed by atoms with Crippen molar-refractivity contribution in [2.75, 3.05) is 7.11 Å². The molecule has 2 aromatic rings. The van der Waals surface area contributed by atoms with Gasteiger partial charge in [-0.25, -0.2) is 0 Å². The highest BCUT2D eigenvalue weighted by Gasteiger charge is 2.13. The van der Waals surface area contributed by atoms with E-state index in [1.165, 1.54) is 11.1 Å². The summed E-state index contributed by atoms with van der Waals surface area (Å²) in [6, 6.07) is 13.5. The van der Waals surface area contributed by atoms with E-state index in [2.05, 4.69) is 19.1 Å². The maximum absolute atomic E-state index is 9.36. The van der Waals surface area contributed by atoms with Gasteiger partial charge in [0.25, 0.3) is 0 Å². The Balaban J connectivity index is 2.56. The van der Waals surface area contributed by atoms with Crippen molar-refractivity contribution >= 4 is 0 Å². The lowest BCUT2D eigenvalue weighted by Gasteiger charge is -2.18. The Bertz CT molecular complexity index is 529. The summed E-state index contributed by atoms with van der Waals surface area (Å²) in [5.74, 6) is 0.285. The van der Waals surface area contributed by atoms with Gasteiger partial charge in [0.1, 0.15) is 5.75 Å². The molecule has 2 heteroatoms. The molecule has 0 aliphatic rings. The largest absolute Gasteiger partial charge is 0.508 e. The van der Waals surface area contributed by atoms with Crippen molar-refractivity contribution in [1.29, 1.82) is 0 Å². The number of rotatable bonds is 3. The van der Waals surface area contributed by atoms with Crippen LogP contribution < -0.4 is 0 Å². The van der Waals surface area contributed by atoms with Crippen LogP contribution in [0.2, 0.25) is 0 Å². The van der Waals surface area contributed by atoms with Crippen LogP contribution in [0, 0.1) is 6.92 Å². The van der Waals surface area contributed by atoms with E-state index in [9.17, 15) is 5.11 Å². The zero-order valence-corrected chi connectivity index (χ0v) is 11.0. The number of aromatic hydroxyl groups is 1. The molecule has 94 valence electrons. The second-order valence-electron chi connectivity index (χ2n) is 4.46. The smallest absolute Gasteiger partial charge is 0.115 e. The fraction of sp³-hybridized carbons (Fsp3) is 0.250. The van der Waals surface area contributed by atoms with Gasteiger partial charge >= 0.3 is 0 Å². The third-order valence-electron chi connectivity index (χ3n) is 3.26. The number of phenols is 1. The van der Waals surface area contributed by atoms with E-state index in [0.29, 0.717) is 0 Å². The molecule has 0 bridgehead atoms. The van der Waals surface area contributed by atoms with Gasteiger partial charge in [-0.3, -0.25) is 0 Å². The minimum absolute atomic E-state index is 0.0509. The molecule has 1 atom stereocenters. The first-order valence-corrected chi connectivity index (χ1v) is 6.05. The molecule has 1 unspecified atom stereocenters. The highest BCUT2D eigenvalue weighted by atomic mass is 16.5. The van der Waals surface area contributed by atoms with Crippen molar-refractivity contribution in [3.63, 3.8) is 0 Å². The Hall–Kier alpha value is -1.80. The summed E-state index contributed by atoms with van der Waals surface area (Å²) < 4.78 is 5.45. The van der Waals surface area contributed by atoms with Gasteiger partial charge in [0.15, 0.2) is 0 Å². The van der Waals surface area contributed by atoms with Gasteiger partial charge in [0, 0.05) is 7.11 Å². The third-order valence-corrected chi connectivity index (χ3v) is 3.26. The van der Waals surface area contributed by atoms with Gasteiger partial charge in [0.05, 0.1) is 6.10 Å². The van der Waals surface area contributed by atoms with Crippen LogP contribution >= 0.6 is 0 Å². The average molecular weight is 242 g/mol. The lowest BCUT2D eigenvalue weighted by molar-refractivity contribution is 0.119. The summed E-state index contributed by atoms with van der Waals surface area (Å²) in [7, 11) is 1.72. The molecule has 0 aliphatic carbocycles. The molecule has 2 nitrogen and oxygen atoms in total. The van der Waals surface area contributed by atoms with E-state index in [4.69, 9.17) is 4.74 Å². The van der Waals surface area contributed by atoms with E-state index >= 15 is 0 Å². The Labute approximate surface area is 108 Å². The number of aryl methyl sites for hydroxylation is 1. The molecule has 18 heavy (non-hydrogen) atoms. The molecule has 0 fully saturated rings. The quantitative estimate of drug-likeness (QED) is 0.879. The number of phenolic OH excluding ortho intramolecular Hbond substituents is 1. The summed E-state index contributed by atoms with van der Waals surface area (Å²) in [6.07, 6.45) is 0.0509. The number of benzene rings is 2. The van der Waals surface area contributed by atoms with Crippen molar-refractivity contribution in [3.05, 3.63) is 53.6 Å². The lowest BCUT2D eigenvalue weighted by Crippen LogP contribution is -2.01. The van der Waals surface area contributed by atoms with Crippen molar-refractivity contribution in [2.24, 2.45) is 0 Å². The first kappa shape index (κ1) is 12.7. The Morgan fingerprint density at radius 2 is 1.72 bits per heavy atom. The van der Waals surface area contributed by atoms with Crippen molar-refractivity contribution < 1.29 is 9.84 Å². The Morgan fingerprint density at radius 1 is 1.06 bits per heavy atom. The molecular weight excluding hydrogens is 224 g/mol. The Kier molecular flexibility index (Phi) is 3.68. The summed E-state index contributed by atoms with van der Waals surface area (Å²) in [5, 5.41) is 9.36. The zero-order chi connectivity index (χ0) is 13.1. The summed E-state index contributed by atoms with van der Waals surface area (Å²) >= 11 is 0. The predicted octanol–water partition coefficient (Wildman–Crippen LogP) is 4.08. The molecule has 0 radical (unpaired) electrons. The fourth-order valence-corrected chi connectivity index (χ4v) is 2.23. The number of ether oxygens (including phenoxy) is 1. The van der Waals surface area contributed by atoms with Crippen LogP contribution in [0.25, 0.3) is 11.1 Å². The van der Waals surface area contributed by atoms with Crippen LogP contribution in [-0.4, -0.2) is 12.2 Å². The van der Waals surface area contributed by atoms with Crippen molar-refractivity contribution in [3.8, 4) is 16.9 Å². The molecule has 0 aliphatic heterocycles. The van der Waals surface area contributed by atoms with Gasteiger partial charge in [-0.05, 0) is 48.2 Å². The van der Waals surface area contributed by atoms with Crippen molar-refractivity contribution in [2.45, 2.75) is 20.0 Å². The first-order valence-electron chi connectivity index (χ1n) is 6.05. The minimum atomic E-state index is 0.0509. The maximum atomic E-state index is 9.36. The molecule has 0 spiro atoms. The molecule has 0 aromatic heterocycles. The van der Waals surface area contributed by atoms with Gasteiger partial charge < -0.3 is 9.84 Å². The standard InChI is InChI=1S/C16H18O2/c1-11-5-4-6-15(16(11)12(2)18-3)13-7-9-14(17)10-8-13/h4-10,12,17H,1-3H3. The van der Waals surface area contributed by atoms with E-state index in [-0.39, 0.29) is 11.9 Å². The maximum Gasteiger partial charge on any atom is 0.115 e. The predicted molar refractivity (Wildman–Crippen MR) is 73.7 cm³/mol. The molecule has 0 amide bonds. The minimum Gasteiger partial charge on any atom is -0.508 e. The molecule has 0 heterocycles. The van der Waals surface area contributed by atoms with Gasteiger partial charge in [-0.2, -0.15) is 0 Å². The topological polar surface area (TPSA) is 29.5 Å². The van der Waals surface area contributed by atoms with E-state index in [1.54, 1.807) is 19.2 Å². The summed E-state index contributed by atoms with van der Waals surface area (Å²) in [4.78, 5) is 0. The Morgan fingerprint density at radius 3 is 2.33 bits per heavy atom. The third kappa shape index (κ3) is 2.39. The van der Waals surface area contributed by atoms with Crippen molar-refractivity contribution in [1.82, 2.24) is 0 Å². The van der Waals surface area contributed by atoms with Crippen LogP contribution in [0.4, 0.5) is 0 Å². The van der Waals surface area contributed by atoms with Crippen LogP contribution in [0.3, 0.4) is 0 Å². The van der Waals surface area contributed by atoms with Crippen LogP contribution in [-0.2, 0) is 4.74 Å². The SMILES string of the molecule is COC(C)c1c(C)cccc1-c1ccc(O)cc1. The molecule has 2 rings (SSSR count). The monoisotopic (exact) mass is 242 g/mol. The lowest BCUT2D eigenvalue weighted by atomic mass is 9.93. The zero-order valence-electron chi connectivity index (χ0n) is 11.0. The van der Waals surface area contributed by atoms with E-state index in [1.807, 2.05) is 25.1 Å². The first-order chi connectivity index (χ1) is 8.63. The van der Waals surface area contributed by atoms with Gasteiger partial charge in [-0.15, -0.1) is 0 Å². The average Bonchev–Trinajstić information content (AvgIpc) is 2.38. The second kappa shape index (κ2) is 5.23. The van der Waals surface area contributed by atoms with Gasteiger partial charge in [-0.1, -0.05) is 30.3 Å². The molecule has 0 saturated carbocycles. The molecule has 0 saturated heterocycles.